The Hall–Kier alpha value is -0.980. The molecule has 2 rings (SSSR count). The molecular formula is C14H20FNO3S. The van der Waals surface area contributed by atoms with Crippen molar-refractivity contribution in [1.29, 1.82) is 0 Å². The largest absolute Gasteiger partial charge is 0.395 e. The summed E-state index contributed by atoms with van der Waals surface area (Å²) in [7, 11) is -3.77. The zero-order valence-electron chi connectivity index (χ0n) is 11.5. The van der Waals surface area contributed by atoms with Crippen molar-refractivity contribution in [2.45, 2.75) is 43.5 Å². The van der Waals surface area contributed by atoms with Crippen LogP contribution in [0.3, 0.4) is 0 Å². The lowest BCUT2D eigenvalue weighted by atomic mass is 10.2. The predicted octanol–water partition coefficient (Wildman–Crippen LogP) is 2.06. The third-order valence-corrected chi connectivity index (χ3v) is 5.88. The number of aryl methyl sites for hydroxylation is 1. The molecule has 1 saturated carbocycles. The summed E-state index contributed by atoms with van der Waals surface area (Å²) in [5.41, 5.74) is 0.521. The highest BCUT2D eigenvalue weighted by molar-refractivity contribution is 7.89. The van der Waals surface area contributed by atoms with Crippen molar-refractivity contribution in [3.8, 4) is 0 Å². The topological polar surface area (TPSA) is 57.6 Å². The molecule has 0 bridgehead atoms. The number of benzene rings is 1. The van der Waals surface area contributed by atoms with E-state index in [1.807, 2.05) is 0 Å². The fourth-order valence-corrected chi connectivity index (χ4v) is 4.68. The quantitative estimate of drug-likeness (QED) is 0.905. The molecule has 0 aliphatic heterocycles. The third-order valence-electron chi connectivity index (χ3n) is 3.79. The molecule has 1 aromatic rings. The van der Waals surface area contributed by atoms with Gasteiger partial charge >= 0.3 is 0 Å². The lowest BCUT2D eigenvalue weighted by molar-refractivity contribution is 0.226. The van der Waals surface area contributed by atoms with E-state index in [4.69, 9.17) is 5.11 Å². The summed E-state index contributed by atoms with van der Waals surface area (Å²) in [5, 5.41) is 9.15. The first-order chi connectivity index (χ1) is 9.46. The SMILES string of the molecule is Cc1ccc(F)cc1S(=O)(=O)N(CCO)C1CCCC1. The molecule has 4 nitrogen and oxygen atoms in total. The van der Waals surface area contributed by atoms with E-state index in [-0.39, 0.29) is 24.1 Å². The number of hydrogen-bond donors (Lipinski definition) is 1. The van der Waals surface area contributed by atoms with Crippen molar-refractivity contribution < 1.29 is 17.9 Å². The lowest BCUT2D eigenvalue weighted by Gasteiger charge is -2.28. The molecule has 1 aromatic carbocycles. The van der Waals surface area contributed by atoms with Gasteiger partial charge in [-0.05, 0) is 37.5 Å². The van der Waals surface area contributed by atoms with Crippen molar-refractivity contribution in [2.24, 2.45) is 0 Å². The molecule has 0 amide bonds. The van der Waals surface area contributed by atoms with E-state index in [2.05, 4.69) is 0 Å². The van der Waals surface area contributed by atoms with E-state index < -0.39 is 15.8 Å². The van der Waals surface area contributed by atoms with Gasteiger partial charge in [-0.25, -0.2) is 12.8 Å². The molecular weight excluding hydrogens is 281 g/mol. The Kier molecular flexibility index (Phi) is 4.78. The molecule has 1 N–H and O–H groups in total. The number of sulfonamides is 1. The Morgan fingerprint density at radius 2 is 2.00 bits per heavy atom. The Morgan fingerprint density at radius 3 is 2.60 bits per heavy atom. The molecule has 0 unspecified atom stereocenters. The monoisotopic (exact) mass is 301 g/mol. The van der Waals surface area contributed by atoms with Crippen LogP contribution in [0.2, 0.25) is 0 Å². The second-order valence-electron chi connectivity index (χ2n) is 5.19. The van der Waals surface area contributed by atoms with Crippen LogP contribution >= 0.6 is 0 Å². The molecule has 0 aromatic heterocycles. The Balaban J connectivity index is 2.41. The molecule has 1 aliphatic carbocycles. The predicted molar refractivity (Wildman–Crippen MR) is 74.4 cm³/mol. The molecule has 0 heterocycles. The van der Waals surface area contributed by atoms with Gasteiger partial charge in [-0.3, -0.25) is 0 Å². The zero-order valence-corrected chi connectivity index (χ0v) is 12.4. The second-order valence-corrected chi connectivity index (χ2v) is 7.05. The van der Waals surface area contributed by atoms with Crippen molar-refractivity contribution in [1.82, 2.24) is 4.31 Å². The second kappa shape index (κ2) is 6.20. The molecule has 0 radical (unpaired) electrons. The highest BCUT2D eigenvalue weighted by atomic mass is 32.2. The average molecular weight is 301 g/mol. The van der Waals surface area contributed by atoms with E-state index in [1.54, 1.807) is 6.92 Å². The zero-order chi connectivity index (χ0) is 14.8. The average Bonchev–Trinajstić information content (AvgIpc) is 2.92. The highest BCUT2D eigenvalue weighted by Gasteiger charge is 2.33. The maximum Gasteiger partial charge on any atom is 0.243 e. The number of aliphatic hydroxyl groups excluding tert-OH is 1. The number of nitrogens with zero attached hydrogens (tertiary/aromatic N) is 1. The van der Waals surface area contributed by atoms with Gasteiger partial charge in [0, 0.05) is 12.6 Å². The van der Waals surface area contributed by atoms with Gasteiger partial charge in [0.25, 0.3) is 0 Å². The molecule has 112 valence electrons. The molecule has 20 heavy (non-hydrogen) atoms. The fraction of sp³-hybridized carbons (Fsp3) is 0.571. The minimum absolute atomic E-state index is 0.00199. The highest BCUT2D eigenvalue weighted by Crippen LogP contribution is 2.29. The van der Waals surface area contributed by atoms with Crippen molar-refractivity contribution in [2.75, 3.05) is 13.2 Å². The molecule has 6 heteroatoms. The van der Waals surface area contributed by atoms with Gasteiger partial charge < -0.3 is 5.11 Å². The summed E-state index contributed by atoms with van der Waals surface area (Å²) >= 11 is 0. The Labute approximate surface area is 119 Å². The Morgan fingerprint density at radius 1 is 1.35 bits per heavy atom. The van der Waals surface area contributed by atoms with E-state index >= 15 is 0 Å². The van der Waals surface area contributed by atoms with E-state index in [9.17, 15) is 12.8 Å². The molecule has 0 spiro atoms. The molecule has 1 fully saturated rings. The molecule has 0 saturated heterocycles. The minimum atomic E-state index is -3.77. The summed E-state index contributed by atoms with van der Waals surface area (Å²) < 4.78 is 40.2. The summed E-state index contributed by atoms with van der Waals surface area (Å²) in [6.07, 6.45) is 3.58. The first-order valence-corrected chi connectivity index (χ1v) is 8.29. The summed E-state index contributed by atoms with van der Waals surface area (Å²) in [6.45, 7) is 1.48. The van der Waals surface area contributed by atoms with Crippen LogP contribution in [-0.4, -0.2) is 37.0 Å². The van der Waals surface area contributed by atoms with Crippen molar-refractivity contribution in [3.05, 3.63) is 29.6 Å². The van der Waals surface area contributed by atoms with E-state index in [0.717, 1.165) is 31.7 Å². The standard InChI is InChI=1S/C14H20FNO3S/c1-11-6-7-12(15)10-14(11)20(18,19)16(8-9-17)13-4-2-3-5-13/h6-7,10,13,17H,2-5,8-9H2,1H3. The first-order valence-electron chi connectivity index (χ1n) is 6.85. The van der Waals surface area contributed by atoms with Crippen LogP contribution in [0.1, 0.15) is 31.2 Å². The van der Waals surface area contributed by atoms with Gasteiger partial charge in [0.1, 0.15) is 5.82 Å². The molecule has 0 atom stereocenters. The van der Waals surface area contributed by atoms with E-state index in [0.29, 0.717) is 5.56 Å². The van der Waals surface area contributed by atoms with Crippen LogP contribution in [0, 0.1) is 12.7 Å². The van der Waals surface area contributed by atoms with Crippen LogP contribution in [0.4, 0.5) is 4.39 Å². The summed E-state index contributed by atoms with van der Waals surface area (Å²) in [4.78, 5) is -0.00199. The Bertz CT molecular complexity index is 568. The van der Waals surface area contributed by atoms with Gasteiger partial charge in [0.15, 0.2) is 0 Å². The van der Waals surface area contributed by atoms with Crippen LogP contribution in [-0.2, 0) is 10.0 Å². The fourth-order valence-electron chi connectivity index (χ4n) is 2.77. The summed E-state index contributed by atoms with van der Waals surface area (Å²) in [6, 6.07) is 3.69. The normalized spacial score (nSPS) is 17.0. The number of rotatable bonds is 5. The number of hydrogen-bond acceptors (Lipinski definition) is 3. The van der Waals surface area contributed by atoms with E-state index in [1.165, 1.54) is 16.4 Å². The smallest absolute Gasteiger partial charge is 0.243 e. The number of aliphatic hydroxyl groups is 1. The van der Waals surface area contributed by atoms with Crippen molar-refractivity contribution in [3.63, 3.8) is 0 Å². The molecule has 1 aliphatic rings. The van der Waals surface area contributed by atoms with Crippen LogP contribution in [0.15, 0.2) is 23.1 Å². The lowest BCUT2D eigenvalue weighted by Crippen LogP contribution is -2.41. The van der Waals surface area contributed by atoms with Gasteiger partial charge in [-0.1, -0.05) is 18.9 Å². The van der Waals surface area contributed by atoms with Crippen LogP contribution in [0.25, 0.3) is 0 Å². The summed E-state index contributed by atoms with van der Waals surface area (Å²) in [5.74, 6) is -0.565. The maximum atomic E-state index is 13.4. The number of halogens is 1. The first kappa shape index (κ1) is 15.4. The van der Waals surface area contributed by atoms with Gasteiger partial charge in [-0.2, -0.15) is 4.31 Å². The van der Waals surface area contributed by atoms with Crippen LogP contribution < -0.4 is 0 Å². The maximum absolute atomic E-state index is 13.4. The third kappa shape index (κ3) is 3.02. The van der Waals surface area contributed by atoms with Gasteiger partial charge in [0.05, 0.1) is 11.5 Å². The van der Waals surface area contributed by atoms with Gasteiger partial charge in [-0.15, -0.1) is 0 Å². The van der Waals surface area contributed by atoms with Crippen LogP contribution in [0.5, 0.6) is 0 Å². The minimum Gasteiger partial charge on any atom is -0.395 e. The van der Waals surface area contributed by atoms with Gasteiger partial charge in [0.2, 0.25) is 10.0 Å². The van der Waals surface area contributed by atoms with Crippen molar-refractivity contribution >= 4 is 10.0 Å².